The number of carboxylic acid groups (broad SMARTS) is 1. The third-order valence-electron chi connectivity index (χ3n) is 6.52. The number of rotatable bonds is 4. The summed E-state index contributed by atoms with van der Waals surface area (Å²) in [6, 6.07) is 0.867. The van der Waals surface area contributed by atoms with Crippen LogP contribution in [0.15, 0.2) is 17.1 Å². The van der Waals surface area contributed by atoms with E-state index >= 15 is 8.78 Å². The molecule has 5 rings (SSSR count). The molecule has 0 radical (unpaired) electrons. The molecule has 3 N–H and O–H groups in total. The van der Waals surface area contributed by atoms with Crippen molar-refractivity contribution in [1.82, 2.24) is 4.57 Å². The summed E-state index contributed by atoms with van der Waals surface area (Å²) < 4.78 is 38.0. The van der Waals surface area contributed by atoms with E-state index in [1.807, 2.05) is 0 Å². The normalized spacial score (nSPS) is 25.4. The van der Waals surface area contributed by atoms with Crippen LogP contribution in [0.5, 0.6) is 0 Å². The zero-order valence-corrected chi connectivity index (χ0v) is 16.9. The quantitative estimate of drug-likeness (QED) is 0.755. The van der Waals surface area contributed by atoms with Crippen LogP contribution in [0.1, 0.15) is 35.7 Å². The third kappa shape index (κ3) is 2.91. The lowest BCUT2D eigenvalue weighted by Gasteiger charge is -2.27. The van der Waals surface area contributed by atoms with Gasteiger partial charge in [-0.05, 0) is 25.3 Å². The summed E-state index contributed by atoms with van der Waals surface area (Å²) >= 11 is 0. The monoisotopic (exact) mass is 441 g/mol. The van der Waals surface area contributed by atoms with Crippen molar-refractivity contribution in [3.05, 3.63) is 39.7 Å². The molecule has 1 saturated carbocycles. The number of aromatic nitrogens is 1. The van der Waals surface area contributed by atoms with Crippen molar-refractivity contribution >= 4 is 35.0 Å². The Morgan fingerprint density at radius 1 is 1.33 bits per heavy atom. The molecule has 30 heavy (non-hydrogen) atoms. The van der Waals surface area contributed by atoms with Crippen molar-refractivity contribution in [2.45, 2.75) is 30.9 Å². The molecule has 3 fully saturated rings. The highest BCUT2D eigenvalue weighted by Gasteiger charge is 2.51. The highest BCUT2D eigenvalue weighted by Crippen LogP contribution is 2.44. The fourth-order valence-electron chi connectivity index (χ4n) is 4.85. The Morgan fingerprint density at radius 3 is 2.67 bits per heavy atom. The number of carboxylic acids is 1. The molecule has 1 aromatic heterocycles. The van der Waals surface area contributed by atoms with Crippen molar-refractivity contribution in [1.29, 1.82) is 0 Å². The van der Waals surface area contributed by atoms with Crippen molar-refractivity contribution in [3.8, 4) is 0 Å². The van der Waals surface area contributed by atoms with Gasteiger partial charge < -0.3 is 25.0 Å². The summed E-state index contributed by atoms with van der Waals surface area (Å²) in [5, 5.41) is 9.08. The van der Waals surface area contributed by atoms with E-state index in [2.05, 4.69) is 0 Å². The van der Waals surface area contributed by atoms with Crippen LogP contribution in [0.2, 0.25) is 0 Å². The van der Waals surface area contributed by atoms with Gasteiger partial charge in [-0.15, -0.1) is 12.4 Å². The molecule has 2 aliphatic heterocycles. The first-order valence-electron chi connectivity index (χ1n) is 9.75. The number of nitrogens with zero attached hydrogens (tertiary/aromatic N) is 2. The molecular formula is C20H22ClF2N3O4. The predicted octanol–water partition coefficient (Wildman–Crippen LogP) is 2.29. The lowest BCUT2D eigenvalue weighted by Crippen LogP contribution is -2.44. The van der Waals surface area contributed by atoms with Crippen LogP contribution in [-0.2, 0) is 4.74 Å². The van der Waals surface area contributed by atoms with Gasteiger partial charge in [-0.2, -0.15) is 0 Å². The summed E-state index contributed by atoms with van der Waals surface area (Å²) in [7, 11) is 0. The van der Waals surface area contributed by atoms with E-state index in [1.165, 1.54) is 10.8 Å². The summed E-state index contributed by atoms with van der Waals surface area (Å²) in [6.07, 6.45) is 3.45. The number of hydrogen-bond acceptors (Lipinski definition) is 5. The smallest absolute Gasteiger partial charge is 0.341 e. The van der Waals surface area contributed by atoms with Gasteiger partial charge in [-0.1, -0.05) is 0 Å². The van der Waals surface area contributed by atoms with Crippen molar-refractivity contribution < 1.29 is 23.4 Å². The van der Waals surface area contributed by atoms with Crippen LogP contribution in [0.3, 0.4) is 0 Å². The third-order valence-corrected chi connectivity index (χ3v) is 6.52. The number of carbonyl (C=O) groups is 1. The SMILES string of the molecule is Cl.NC[C@@]12CN(c3c(F)cc4c(=O)c(C(=O)O)cn(C5CC5)c4c3F)C[C@@H]1CCO2. The van der Waals surface area contributed by atoms with E-state index < -0.39 is 34.2 Å². The Labute approximate surface area is 176 Å². The highest BCUT2D eigenvalue weighted by molar-refractivity contribution is 5.94. The average Bonchev–Trinajstić information content (AvgIpc) is 3.34. The Morgan fingerprint density at radius 2 is 2.07 bits per heavy atom. The van der Waals surface area contributed by atoms with Crippen molar-refractivity contribution in [3.63, 3.8) is 0 Å². The van der Waals surface area contributed by atoms with Gasteiger partial charge in [0.15, 0.2) is 5.82 Å². The Balaban J connectivity index is 0.00000218. The van der Waals surface area contributed by atoms with Gasteiger partial charge in [-0.3, -0.25) is 4.79 Å². The number of halogens is 3. The van der Waals surface area contributed by atoms with E-state index in [0.717, 1.165) is 25.3 Å². The maximum absolute atomic E-state index is 15.7. The van der Waals surface area contributed by atoms with Crippen LogP contribution in [0.25, 0.3) is 10.9 Å². The van der Waals surface area contributed by atoms with Gasteiger partial charge in [0.2, 0.25) is 5.43 Å². The fourth-order valence-corrected chi connectivity index (χ4v) is 4.85. The minimum absolute atomic E-state index is 0. The molecule has 1 aliphatic carbocycles. The largest absolute Gasteiger partial charge is 0.477 e. The zero-order valence-electron chi connectivity index (χ0n) is 16.1. The maximum Gasteiger partial charge on any atom is 0.341 e. The maximum atomic E-state index is 15.7. The molecule has 7 nitrogen and oxygen atoms in total. The summed E-state index contributed by atoms with van der Waals surface area (Å²) in [6.45, 7) is 1.53. The first-order valence-corrected chi connectivity index (χ1v) is 9.75. The topological polar surface area (TPSA) is 97.8 Å². The molecule has 0 amide bonds. The number of aromatic carboxylic acids is 1. The molecule has 3 aliphatic rings. The van der Waals surface area contributed by atoms with Gasteiger partial charge >= 0.3 is 5.97 Å². The lowest BCUT2D eigenvalue weighted by atomic mass is 9.91. The second-order valence-corrected chi connectivity index (χ2v) is 8.22. The van der Waals surface area contributed by atoms with Crippen molar-refractivity contribution in [2.75, 3.05) is 31.1 Å². The molecule has 2 saturated heterocycles. The molecular weight excluding hydrogens is 420 g/mol. The van der Waals surface area contributed by atoms with E-state index in [1.54, 1.807) is 4.90 Å². The number of anilines is 1. The van der Waals surface area contributed by atoms with Gasteiger partial charge in [0.25, 0.3) is 0 Å². The number of fused-ring (bicyclic) bond motifs is 2. The van der Waals surface area contributed by atoms with Crippen molar-refractivity contribution in [2.24, 2.45) is 11.7 Å². The van der Waals surface area contributed by atoms with Crippen LogP contribution in [-0.4, -0.2) is 47.5 Å². The molecule has 1 aromatic carbocycles. The van der Waals surface area contributed by atoms with Gasteiger partial charge in [0.1, 0.15) is 22.7 Å². The van der Waals surface area contributed by atoms with Gasteiger partial charge in [0, 0.05) is 44.4 Å². The zero-order chi connectivity index (χ0) is 20.5. The van der Waals surface area contributed by atoms with E-state index in [-0.39, 0.29) is 54.0 Å². The summed E-state index contributed by atoms with van der Waals surface area (Å²) in [4.78, 5) is 25.6. The lowest BCUT2D eigenvalue weighted by molar-refractivity contribution is 0.0126. The second kappa shape index (κ2) is 7.18. The van der Waals surface area contributed by atoms with E-state index in [0.29, 0.717) is 13.2 Å². The minimum Gasteiger partial charge on any atom is -0.477 e. The van der Waals surface area contributed by atoms with Crippen LogP contribution in [0.4, 0.5) is 14.5 Å². The van der Waals surface area contributed by atoms with E-state index in [9.17, 15) is 14.7 Å². The summed E-state index contributed by atoms with van der Waals surface area (Å²) in [5.41, 5.74) is 3.68. The Kier molecular flexibility index (Phi) is 5.03. The Bertz CT molecular complexity index is 1100. The molecule has 3 heterocycles. The molecule has 0 unspecified atom stereocenters. The first kappa shape index (κ1) is 21.0. The highest BCUT2D eigenvalue weighted by atomic mass is 35.5. The van der Waals surface area contributed by atoms with E-state index in [4.69, 9.17) is 10.5 Å². The number of hydrogen-bond donors (Lipinski definition) is 2. The molecule has 2 aromatic rings. The molecule has 0 bridgehead atoms. The first-order chi connectivity index (χ1) is 13.9. The van der Waals surface area contributed by atoms with Crippen LogP contribution >= 0.6 is 12.4 Å². The summed E-state index contributed by atoms with van der Waals surface area (Å²) in [5.74, 6) is -3.05. The van der Waals surface area contributed by atoms with Crippen LogP contribution < -0.4 is 16.1 Å². The fraction of sp³-hybridized carbons (Fsp3) is 0.500. The second-order valence-electron chi connectivity index (χ2n) is 8.22. The number of benzene rings is 1. The average molecular weight is 442 g/mol. The number of nitrogens with two attached hydrogens (primary N) is 1. The Hall–Kier alpha value is -2.23. The molecule has 162 valence electrons. The number of ether oxygens (including phenoxy) is 1. The standard InChI is InChI=1S/C20H21F2N3O4.ClH/c21-14-5-12-16(25(11-1-2-11)7-13(18(12)26)19(27)28)15(22)17(14)24-6-10-3-4-29-20(10,8-23)9-24;/h5,7,10-11H,1-4,6,8-9,23H2,(H,27,28);1H/t10-,20+;/m0./s1. The van der Waals surface area contributed by atoms with Gasteiger partial charge in [-0.25, -0.2) is 13.6 Å². The molecule has 2 atom stereocenters. The number of pyridine rings is 1. The van der Waals surface area contributed by atoms with Crippen LogP contribution in [0, 0.1) is 17.6 Å². The van der Waals surface area contributed by atoms with Gasteiger partial charge in [0.05, 0.1) is 10.9 Å². The minimum atomic E-state index is -1.41. The molecule has 10 heteroatoms. The molecule has 0 spiro atoms. The predicted molar refractivity (Wildman–Crippen MR) is 109 cm³/mol.